The van der Waals surface area contributed by atoms with Crippen LogP contribution >= 0.6 is 0 Å². The molecule has 1 aromatic carbocycles. The van der Waals surface area contributed by atoms with Gasteiger partial charge in [0.15, 0.2) is 0 Å². The summed E-state index contributed by atoms with van der Waals surface area (Å²) in [5.74, 6) is 1.31. The van der Waals surface area contributed by atoms with E-state index in [-0.39, 0.29) is 5.41 Å². The maximum atomic E-state index is 6.28. The number of benzene rings is 1. The summed E-state index contributed by atoms with van der Waals surface area (Å²) in [6.45, 7) is 6.43. The zero-order chi connectivity index (χ0) is 13.6. The molecule has 0 saturated carbocycles. The molecule has 0 aliphatic heterocycles. The Morgan fingerprint density at radius 2 is 2.05 bits per heavy atom. The molecule has 1 aliphatic rings. The maximum absolute atomic E-state index is 6.28. The minimum atomic E-state index is -0.338. The zero-order valence-corrected chi connectivity index (χ0v) is 11.6. The summed E-state index contributed by atoms with van der Waals surface area (Å²) in [6, 6.07) is 8.06. The highest BCUT2D eigenvalue weighted by atomic mass is 14.9. The number of nitrogens with one attached hydrogen (secondary N) is 1. The molecule has 1 aromatic heterocycles. The number of rotatable bonds is 1. The highest BCUT2D eigenvalue weighted by Crippen LogP contribution is 2.37. The second-order valence-electron chi connectivity index (χ2n) is 5.60. The van der Waals surface area contributed by atoms with Crippen LogP contribution in [-0.4, -0.2) is 9.97 Å². The molecular formula is C16H19N3. The summed E-state index contributed by atoms with van der Waals surface area (Å²) < 4.78 is 0. The van der Waals surface area contributed by atoms with Crippen LogP contribution in [-0.2, 0) is 5.41 Å². The van der Waals surface area contributed by atoms with E-state index in [0.29, 0.717) is 5.92 Å². The first kappa shape index (κ1) is 12.0. The average molecular weight is 253 g/mol. The van der Waals surface area contributed by atoms with Gasteiger partial charge in [0.1, 0.15) is 5.82 Å². The van der Waals surface area contributed by atoms with Gasteiger partial charge in [-0.15, -0.1) is 0 Å². The van der Waals surface area contributed by atoms with Crippen LogP contribution in [0.2, 0.25) is 0 Å². The van der Waals surface area contributed by atoms with E-state index in [0.717, 1.165) is 22.6 Å². The summed E-state index contributed by atoms with van der Waals surface area (Å²) >= 11 is 0. The number of allylic oxidation sites excluding steroid dienone is 3. The lowest BCUT2D eigenvalue weighted by Crippen LogP contribution is -2.32. The number of imidazole rings is 1. The van der Waals surface area contributed by atoms with Gasteiger partial charge in [0.05, 0.1) is 16.4 Å². The van der Waals surface area contributed by atoms with Crippen LogP contribution in [0.4, 0.5) is 0 Å². The Kier molecular flexibility index (Phi) is 2.52. The molecule has 98 valence electrons. The van der Waals surface area contributed by atoms with Crippen molar-refractivity contribution < 1.29 is 0 Å². The summed E-state index contributed by atoms with van der Waals surface area (Å²) in [7, 11) is 0. The van der Waals surface area contributed by atoms with Crippen LogP contribution in [0.1, 0.15) is 26.6 Å². The van der Waals surface area contributed by atoms with Crippen molar-refractivity contribution in [2.45, 2.75) is 26.2 Å². The second-order valence-corrected chi connectivity index (χ2v) is 5.60. The lowest BCUT2D eigenvalue weighted by Gasteiger charge is -2.31. The quantitative estimate of drug-likeness (QED) is 0.766. The van der Waals surface area contributed by atoms with E-state index in [4.69, 9.17) is 10.7 Å². The van der Waals surface area contributed by atoms with Crippen LogP contribution in [0.25, 0.3) is 11.0 Å². The van der Waals surface area contributed by atoms with Crippen LogP contribution in [0, 0.1) is 5.92 Å². The summed E-state index contributed by atoms with van der Waals surface area (Å²) in [5.41, 5.74) is 10.2. The van der Waals surface area contributed by atoms with E-state index in [1.165, 1.54) is 5.57 Å². The molecule has 1 heterocycles. The monoisotopic (exact) mass is 253 g/mol. The first-order valence-corrected chi connectivity index (χ1v) is 6.63. The summed E-state index contributed by atoms with van der Waals surface area (Å²) in [4.78, 5) is 8.09. The maximum Gasteiger partial charge on any atom is 0.123 e. The van der Waals surface area contributed by atoms with Crippen molar-refractivity contribution in [3.63, 3.8) is 0 Å². The van der Waals surface area contributed by atoms with E-state index in [2.05, 4.69) is 37.9 Å². The van der Waals surface area contributed by atoms with E-state index >= 15 is 0 Å². The lowest BCUT2D eigenvalue weighted by molar-refractivity contribution is 0.604. The molecule has 19 heavy (non-hydrogen) atoms. The first-order chi connectivity index (χ1) is 9.00. The average Bonchev–Trinajstić information content (AvgIpc) is 2.81. The number of H-pyrrole nitrogens is 1. The Labute approximate surface area is 113 Å². The molecule has 1 aliphatic carbocycles. The third-order valence-electron chi connectivity index (χ3n) is 4.15. The largest absolute Gasteiger partial charge is 0.401 e. The van der Waals surface area contributed by atoms with Crippen molar-refractivity contribution in [3.05, 3.63) is 53.5 Å². The SMILES string of the molecule is CC1=CC(C)(c2nc3ccccc3[nH]2)C(N)=CC1C. The topological polar surface area (TPSA) is 54.7 Å². The number of hydrogen-bond donors (Lipinski definition) is 2. The smallest absolute Gasteiger partial charge is 0.123 e. The van der Waals surface area contributed by atoms with Crippen LogP contribution < -0.4 is 5.73 Å². The second kappa shape index (κ2) is 3.98. The van der Waals surface area contributed by atoms with E-state index in [1.807, 2.05) is 24.3 Å². The van der Waals surface area contributed by atoms with Gasteiger partial charge < -0.3 is 10.7 Å². The summed E-state index contributed by atoms with van der Waals surface area (Å²) in [6.07, 6.45) is 4.35. The molecule has 2 unspecified atom stereocenters. The van der Waals surface area contributed by atoms with Gasteiger partial charge in [-0.25, -0.2) is 4.98 Å². The van der Waals surface area contributed by atoms with Crippen molar-refractivity contribution in [2.24, 2.45) is 11.7 Å². The molecule has 3 rings (SSSR count). The van der Waals surface area contributed by atoms with Crippen molar-refractivity contribution in [3.8, 4) is 0 Å². The Morgan fingerprint density at radius 3 is 2.79 bits per heavy atom. The number of nitrogens with zero attached hydrogens (tertiary/aromatic N) is 1. The Balaban J connectivity index is 2.16. The van der Waals surface area contributed by atoms with Gasteiger partial charge in [-0.1, -0.05) is 36.8 Å². The van der Waals surface area contributed by atoms with Crippen molar-refractivity contribution >= 4 is 11.0 Å². The molecule has 0 amide bonds. The van der Waals surface area contributed by atoms with Crippen molar-refractivity contribution in [2.75, 3.05) is 0 Å². The van der Waals surface area contributed by atoms with Gasteiger partial charge in [0.2, 0.25) is 0 Å². The van der Waals surface area contributed by atoms with Gasteiger partial charge in [-0.3, -0.25) is 0 Å². The zero-order valence-electron chi connectivity index (χ0n) is 11.6. The molecule has 0 spiro atoms. The van der Waals surface area contributed by atoms with Gasteiger partial charge in [-0.2, -0.15) is 0 Å². The van der Waals surface area contributed by atoms with Crippen LogP contribution in [0.3, 0.4) is 0 Å². The fourth-order valence-corrected chi connectivity index (χ4v) is 2.65. The normalized spacial score (nSPS) is 27.2. The number of fused-ring (bicyclic) bond motifs is 1. The van der Waals surface area contributed by atoms with Crippen LogP contribution in [0.5, 0.6) is 0 Å². The van der Waals surface area contributed by atoms with E-state index in [9.17, 15) is 0 Å². The Morgan fingerprint density at radius 1 is 1.32 bits per heavy atom. The highest BCUT2D eigenvalue weighted by Gasteiger charge is 2.34. The number of aromatic amines is 1. The van der Waals surface area contributed by atoms with E-state index < -0.39 is 0 Å². The molecule has 3 heteroatoms. The Hall–Kier alpha value is -2.03. The number of para-hydroxylation sites is 2. The molecule has 0 fully saturated rings. The molecule has 0 radical (unpaired) electrons. The molecule has 2 atom stereocenters. The summed E-state index contributed by atoms with van der Waals surface area (Å²) in [5, 5.41) is 0. The fraction of sp³-hybridized carbons (Fsp3) is 0.312. The van der Waals surface area contributed by atoms with Gasteiger partial charge in [-0.05, 0) is 31.9 Å². The minimum absolute atomic E-state index is 0.338. The first-order valence-electron chi connectivity index (χ1n) is 6.63. The molecule has 2 aromatic rings. The van der Waals surface area contributed by atoms with Gasteiger partial charge in [0.25, 0.3) is 0 Å². The lowest BCUT2D eigenvalue weighted by atomic mass is 9.77. The number of hydrogen-bond acceptors (Lipinski definition) is 2. The molecule has 3 nitrogen and oxygen atoms in total. The van der Waals surface area contributed by atoms with E-state index in [1.54, 1.807) is 0 Å². The van der Waals surface area contributed by atoms with Crippen molar-refractivity contribution in [1.29, 1.82) is 0 Å². The number of aromatic nitrogens is 2. The molecule has 3 N–H and O–H groups in total. The van der Waals surface area contributed by atoms with Crippen molar-refractivity contribution in [1.82, 2.24) is 9.97 Å². The number of nitrogens with two attached hydrogens (primary N) is 1. The predicted octanol–water partition coefficient (Wildman–Crippen LogP) is 3.26. The Bertz CT molecular complexity index is 660. The fourth-order valence-electron chi connectivity index (χ4n) is 2.65. The third kappa shape index (κ3) is 1.77. The molecular weight excluding hydrogens is 234 g/mol. The minimum Gasteiger partial charge on any atom is -0.401 e. The van der Waals surface area contributed by atoms with Gasteiger partial charge in [0, 0.05) is 5.70 Å². The predicted molar refractivity (Wildman–Crippen MR) is 78.6 cm³/mol. The standard InChI is InChI=1S/C16H19N3/c1-10-8-14(17)16(3,9-11(10)2)15-18-12-6-4-5-7-13(12)19-15/h4-10H,17H2,1-3H3,(H,18,19). The third-order valence-corrected chi connectivity index (χ3v) is 4.15. The van der Waals surface area contributed by atoms with Crippen LogP contribution in [0.15, 0.2) is 47.7 Å². The van der Waals surface area contributed by atoms with Gasteiger partial charge >= 0.3 is 0 Å². The highest BCUT2D eigenvalue weighted by molar-refractivity contribution is 5.75. The molecule has 0 bridgehead atoms. The molecule has 0 saturated heterocycles.